The molecule has 27 heavy (non-hydrogen) atoms. The number of cyclic esters (lactones) is 1. The predicted molar refractivity (Wildman–Crippen MR) is 99.0 cm³/mol. The van der Waals surface area contributed by atoms with E-state index in [1.165, 1.54) is 0 Å². The second-order valence-corrected chi connectivity index (χ2v) is 6.03. The fourth-order valence-corrected chi connectivity index (χ4v) is 3.01. The van der Waals surface area contributed by atoms with Gasteiger partial charge in [-0.05, 0) is 47.5 Å². The molecule has 0 atom stereocenters. The Bertz CT molecular complexity index is 957. The van der Waals surface area contributed by atoms with Crippen molar-refractivity contribution in [2.45, 2.75) is 0 Å². The van der Waals surface area contributed by atoms with Gasteiger partial charge in [0.2, 0.25) is 6.79 Å². The molecular weight excluding hydrogens is 348 g/mol. The average Bonchev–Trinajstić information content (AvgIpc) is 3.29. The lowest BCUT2D eigenvalue weighted by molar-refractivity contribution is -0.134. The maximum atomic E-state index is 12.2. The van der Waals surface area contributed by atoms with E-state index in [1.807, 2.05) is 42.5 Å². The lowest BCUT2D eigenvalue weighted by Gasteiger charge is -2.08. The second kappa shape index (κ2) is 7.07. The summed E-state index contributed by atoms with van der Waals surface area (Å²) in [5, 5.41) is 0. The van der Waals surface area contributed by atoms with Crippen molar-refractivity contribution in [2.24, 2.45) is 0 Å². The standard InChI is InChI=1S/C21H18O6/c1-23-17-5-3-13(9-19(17)24-2)7-15-11-25-21(22)16(15)8-14-4-6-18-20(10-14)27-12-26-18/h3-10H,11-12H2,1-2H3/b15-7-,16-8+. The average molecular weight is 366 g/mol. The summed E-state index contributed by atoms with van der Waals surface area (Å²) in [6.45, 7) is 0.436. The molecule has 1 saturated heterocycles. The molecule has 6 nitrogen and oxygen atoms in total. The van der Waals surface area contributed by atoms with Crippen LogP contribution in [0.25, 0.3) is 12.2 Å². The molecule has 0 spiro atoms. The molecule has 6 heteroatoms. The first-order chi connectivity index (χ1) is 13.2. The lowest BCUT2D eigenvalue weighted by Crippen LogP contribution is -1.95. The van der Waals surface area contributed by atoms with Gasteiger partial charge >= 0.3 is 5.97 Å². The molecule has 0 radical (unpaired) electrons. The number of methoxy groups -OCH3 is 2. The highest BCUT2D eigenvalue weighted by Crippen LogP contribution is 2.35. The van der Waals surface area contributed by atoms with Crippen molar-refractivity contribution < 1.29 is 28.5 Å². The molecule has 138 valence electrons. The van der Waals surface area contributed by atoms with Gasteiger partial charge in [-0.25, -0.2) is 4.79 Å². The Balaban J connectivity index is 1.68. The van der Waals surface area contributed by atoms with Gasteiger partial charge in [-0.2, -0.15) is 0 Å². The first kappa shape index (κ1) is 17.0. The van der Waals surface area contributed by atoms with Crippen molar-refractivity contribution >= 4 is 18.1 Å². The van der Waals surface area contributed by atoms with Gasteiger partial charge in [-0.1, -0.05) is 12.1 Å². The van der Waals surface area contributed by atoms with Crippen molar-refractivity contribution in [3.05, 3.63) is 58.7 Å². The van der Waals surface area contributed by atoms with E-state index in [-0.39, 0.29) is 19.4 Å². The van der Waals surface area contributed by atoms with E-state index in [0.29, 0.717) is 28.6 Å². The minimum atomic E-state index is -0.348. The van der Waals surface area contributed by atoms with Gasteiger partial charge in [-0.15, -0.1) is 0 Å². The second-order valence-electron chi connectivity index (χ2n) is 6.03. The summed E-state index contributed by atoms with van der Waals surface area (Å²) >= 11 is 0. The molecule has 0 aromatic heterocycles. The van der Waals surface area contributed by atoms with E-state index in [2.05, 4.69) is 0 Å². The topological polar surface area (TPSA) is 63.2 Å². The highest BCUT2D eigenvalue weighted by molar-refractivity contribution is 6.02. The van der Waals surface area contributed by atoms with Crippen LogP contribution in [0.15, 0.2) is 47.5 Å². The molecule has 2 aliphatic heterocycles. The Morgan fingerprint density at radius 1 is 0.852 bits per heavy atom. The van der Waals surface area contributed by atoms with Crippen LogP contribution in [-0.4, -0.2) is 33.6 Å². The van der Waals surface area contributed by atoms with Gasteiger partial charge in [0.15, 0.2) is 23.0 Å². The number of ether oxygens (including phenoxy) is 5. The SMILES string of the molecule is COc1ccc(/C=C2/COC(=O)/C2=C/c2ccc3c(c2)OCO3)cc1OC. The lowest BCUT2D eigenvalue weighted by atomic mass is 10.0. The predicted octanol–water partition coefficient (Wildman–Crippen LogP) is 3.46. The summed E-state index contributed by atoms with van der Waals surface area (Å²) in [6, 6.07) is 11.1. The van der Waals surface area contributed by atoms with Crippen LogP contribution in [0.4, 0.5) is 0 Å². The van der Waals surface area contributed by atoms with Crippen LogP contribution in [0.5, 0.6) is 23.0 Å². The fraction of sp³-hybridized carbons (Fsp3) is 0.190. The number of benzene rings is 2. The van der Waals surface area contributed by atoms with Crippen LogP contribution in [0, 0.1) is 0 Å². The van der Waals surface area contributed by atoms with Crippen molar-refractivity contribution in [3.63, 3.8) is 0 Å². The molecule has 2 aromatic rings. The Hall–Kier alpha value is -3.41. The molecule has 0 aliphatic carbocycles. The van der Waals surface area contributed by atoms with Crippen molar-refractivity contribution in [3.8, 4) is 23.0 Å². The zero-order valence-corrected chi connectivity index (χ0v) is 15.0. The van der Waals surface area contributed by atoms with E-state index in [4.69, 9.17) is 23.7 Å². The Kier molecular flexibility index (Phi) is 4.46. The van der Waals surface area contributed by atoms with Gasteiger partial charge in [0, 0.05) is 5.57 Å². The summed E-state index contributed by atoms with van der Waals surface area (Å²) < 4.78 is 26.5. The van der Waals surface area contributed by atoms with Crippen molar-refractivity contribution in [1.29, 1.82) is 0 Å². The number of carbonyl (C=O) groups excluding carboxylic acids is 1. The molecule has 0 N–H and O–H groups in total. The zero-order valence-electron chi connectivity index (χ0n) is 15.0. The monoisotopic (exact) mass is 366 g/mol. The van der Waals surface area contributed by atoms with Crippen LogP contribution >= 0.6 is 0 Å². The number of carbonyl (C=O) groups is 1. The van der Waals surface area contributed by atoms with Gasteiger partial charge in [0.05, 0.1) is 19.8 Å². The largest absolute Gasteiger partial charge is 0.493 e. The van der Waals surface area contributed by atoms with Crippen molar-refractivity contribution in [1.82, 2.24) is 0 Å². The number of rotatable bonds is 4. The normalized spacial score (nSPS) is 18.1. The smallest absolute Gasteiger partial charge is 0.338 e. The molecule has 2 heterocycles. The maximum Gasteiger partial charge on any atom is 0.338 e. The van der Waals surface area contributed by atoms with Crippen LogP contribution in [0.2, 0.25) is 0 Å². The molecule has 0 unspecified atom stereocenters. The quantitative estimate of drug-likeness (QED) is 0.610. The van der Waals surface area contributed by atoms with Crippen LogP contribution in [0.1, 0.15) is 11.1 Å². The Morgan fingerprint density at radius 2 is 1.59 bits per heavy atom. The van der Waals surface area contributed by atoms with E-state index < -0.39 is 0 Å². The van der Waals surface area contributed by atoms with Gasteiger partial charge in [-0.3, -0.25) is 0 Å². The third-order valence-electron chi connectivity index (χ3n) is 4.38. The van der Waals surface area contributed by atoms with Crippen molar-refractivity contribution in [2.75, 3.05) is 27.6 Å². The molecule has 0 saturated carbocycles. The number of hydrogen-bond donors (Lipinski definition) is 0. The number of fused-ring (bicyclic) bond motifs is 1. The molecule has 0 bridgehead atoms. The number of hydrogen-bond acceptors (Lipinski definition) is 6. The van der Waals surface area contributed by atoms with Gasteiger partial charge in [0.1, 0.15) is 6.61 Å². The van der Waals surface area contributed by atoms with E-state index >= 15 is 0 Å². The highest BCUT2D eigenvalue weighted by Gasteiger charge is 2.25. The van der Waals surface area contributed by atoms with Crippen LogP contribution in [0.3, 0.4) is 0 Å². The first-order valence-electron chi connectivity index (χ1n) is 8.39. The molecular formula is C21H18O6. The summed E-state index contributed by atoms with van der Waals surface area (Å²) in [5.41, 5.74) is 3.04. The summed E-state index contributed by atoms with van der Waals surface area (Å²) in [4.78, 5) is 12.2. The fourth-order valence-electron chi connectivity index (χ4n) is 3.01. The first-order valence-corrected chi connectivity index (χ1v) is 8.39. The third kappa shape index (κ3) is 3.33. The zero-order chi connectivity index (χ0) is 18.8. The molecule has 2 aromatic carbocycles. The minimum absolute atomic E-state index is 0.210. The summed E-state index contributed by atoms with van der Waals surface area (Å²) in [7, 11) is 3.17. The molecule has 0 amide bonds. The van der Waals surface area contributed by atoms with E-state index in [0.717, 1.165) is 16.7 Å². The molecule has 4 rings (SSSR count). The third-order valence-corrected chi connectivity index (χ3v) is 4.38. The maximum absolute atomic E-state index is 12.2. The van der Waals surface area contributed by atoms with E-state index in [9.17, 15) is 4.79 Å². The summed E-state index contributed by atoms with van der Waals surface area (Å²) in [5.74, 6) is 2.29. The number of esters is 1. The van der Waals surface area contributed by atoms with Gasteiger partial charge < -0.3 is 23.7 Å². The molecule has 1 fully saturated rings. The van der Waals surface area contributed by atoms with E-state index in [1.54, 1.807) is 20.3 Å². The molecule has 2 aliphatic rings. The Labute approximate surface area is 156 Å². The summed E-state index contributed by atoms with van der Waals surface area (Å²) in [6.07, 6.45) is 3.70. The van der Waals surface area contributed by atoms with Gasteiger partial charge in [0.25, 0.3) is 0 Å². The highest BCUT2D eigenvalue weighted by atomic mass is 16.7. The van der Waals surface area contributed by atoms with Crippen LogP contribution < -0.4 is 18.9 Å². The minimum Gasteiger partial charge on any atom is -0.493 e. The van der Waals surface area contributed by atoms with Crippen LogP contribution in [-0.2, 0) is 9.53 Å². The Morgan fingerprint density at radius 3 is 2.41 bits per heavy atom.